The highest BCUT2D eigenvalue weighted by molar-refractivity contribution is 7.99. The van der Waals surface area contributed by atoms with Gasteiger partial charge in [-0.3, -0.25) is 4.79 Å². The lowest BCUT2D eigenvalue weighted by atomic mass is 10.2. The lowest BCUT2D eigenvalue weighted by Gasteiger charge is -2.10. The minimum Gasteiger partial charge on any atom is -0.484 e. The summed E-state index contributed by atoms with van der Waals surface area (Å²) in [5.74, 6) is 0.725. The van der Waals surface area contributed by atoms with E-state index in [1.54, 1.807) is 6.07 Å². The number of hydrogen-bond acceptors (Lipinski definition) is 4. The Balaban J connectivity index is 1.72. The number of nitrogens with zero attached hydrogens (tertiary/aromatic N) is 1. The highest BCUT2D eigenvalue weighted by atomic mass is 35.5. The Labute approximate surface area is 158 Å². The van der Waals surface area contributed by atoms with Gasteiger partial charge in [-0.25, -0.2) is 4.98 Å². The van der Waals surface area contributed by atoms with Gasteiger partial charge in [0.2, 0.25) is 0 Å². The SMILES string of the molecule is Cc1cccc(OCC(=O)NCCSc2ncc(C(F)(F)F)cc2Cl)c1. The molecule has 4 nitrogen and oxygen atoms in total. The minimum absolute atomic E-state index is 0.0704. The molecule has 0 aliphatic carbocycles. The average molecular weight is 405 g/mol. The number of nitrogens with one attached hydrogen (secondary N) is 1. The maximum absolute atomic E-state index is 12.5. The predicted octanol–water partition coefficient (Wildman–Crippen LogP) is 4.35. The van der Waals surface area contributed by atoms with Crippen LogP contribution in [0, 0.1) is 6.92 Å². The van der Waals surface area contributed by atoms with Crippen LogP contribution in [0.1, 0.15) is 11.1 Å². The number of aromatic nitrogens is 1. The molecule has 1 N–H and O–H groups in total. The zero-order valence-electron chi connectivity index (χ0n) is 13.8. The fourth-order valence-corrected chi connectivity index (χ4v) is 2.98. The third-order valence-corrected chi connectivity index (χ3v) is 4.56. The van der Waals surface area contributed by atoms with Crippen LogP contribution in [0.3, 0.4) is 0 Å². The largest absolute Gasteiger partial charge is 0.484 e. The lowest BCUT2D eigenvalue weighted by molar-refractivity contribution is -0.137. The van der Waals surface area contributed by atoms with Gasteiger partial charge in [0.15, 0.2) is 6.61 Å². The van der Waals surface area contributed by atoms with E-state index in [0.29, 0.717) is 18.0 Å². The number of pyridine rings is 1. The van der Waals surface area contributed by atoms with Gasteiger partial charge in [-0.2, -0.15) is 13.2 Å². The van der Waals surface area contributed by atoms with Crippen LogP contribution in [0.15, 0.2) is 41.6 Å². The number of aryl methyl sites for hydroxylation is 1. The number of carbonyl (C=O) groups is 1. The molecule has 0 aliphatic heterocycles. The summed E-state index contributed by atoms with van der Waals surface area (Å²) < 4.78 is 43.0. The number of rotatable bonds is 7. The molecule has 0 saturated heterocycles. The highest BCUT2D eigenvalue weighted by Gasteiger charge is 2.31. The molecule has 0 radical (unpaired) electrons. The number of amides is 1. The number of alkyl halides is 3. The number of halogens is 4. The summed E-state index contributed by atoms with van der Waals surface area (Å²) in [7, 11) is 0. The second-order valence-electron chi connectivity index (χ2n) is 5.31. The van der Waals surface area contributed by atoms with Crippen molar-refractivity contribution in [3.63, 3.8) is 0 Å². The van der Waals surface area contributed by atoms with Crippen molar-refractivity contribution >= 4 is 29.3 Å². The van der Waals surface area contributed by atoms with E-state index in [9.17, 15) is 18.0 Å². The first kappa shape index (κ1) is 20.4. The van der Waals surface area contributed by atoms with Crippen LogP contribution in [0.2, 0.25) is 5.02 Å². The molecule has 0 fully saturated rings. The summed E-state index contributed by atoms with van der Waals surface area (Å²) in [6, 6.07) is 8.17. The number of benzene rings is 1. The first-order valence-electron chi connectivity index (χ1n) is 7.57. The monoisotopic (exact) mass is 404 g/mol. The van der Waals surface area contributed by atoms with Gasteiger partial charge in [-0.1, -0.05) is 23.7 Å². The number of thioether (sulfide) groups is 1. The van der Waals surface area contributed by atoms with E-state index in [4.69, 9.17) is 16.3 Å². The summed E-state index contributed by atoms with van der Waals surface area (Å²) in [5, 5.41) is 2.87. The van der Waals surface area contributed by atoms with Crippen LogP contribution >= 0.6 is 23.4 Å². The van der Waals surface area contributed by atoms with Crippen molar-refractivity contribution in [3.05, 3.63) is 52.7 Å². The van der Waals surface area contributed by atoms with Crippen molar-refractivity contribution in [2.75, 3.05) is 18.9 Å². The molecule has 140 valence electrons. The molecule has 0 bridgehead atoms. The molecule has 1 amide bonds. The Morgan fingerprint density at radius 3 is 2.77 bits per heavy atom. The van der Waals surface area contributed by atoms with Gasteiger partial charge >= 0.3 is 6.18 Å². The summed E-state index contributed by atoms with van der Waals surface area (Å²) in [4.78, 5) is 15.4. The Morgan fingerprint density at radius 1 is 1.35 bits per heavy atom. The number of ether oxygens (including phenoxy) is 1. The van der Waals surface area contributed by atoms with E-state index in [1.165, 1.54) is 0 Å². The molecule has 0 spiro atoms. The molecular formula is C17H16ClF3N2O2S. The van der Waals surface area contributed by atoms with E-state index >= 15 is 0 Å². The van der Waals surface area contributed by atoms with Crippen molar-refractivity contribution in [3.8, 4) is 5.75 Å². The Bertz CT molecular complexity index is 772. The van der Waals surface area contributed by atoms with Crippen LogP contribution in [0.4, 0.5) is 13.2 Å². The molecule has 2 aromatic rings. The molecule has 2 rings (SSSR count). The van der Waals surface area contributed by atoms with Crippen LogP contribution in [-0.4, -0.2) is 29.8 Å². The van der Waals surface area contributed by atoms with E-state index in [0.717, 1.165) is 29.6 Å². The third-order valence-electron chi connectivity index (χ3n) is 3.16. The van der Waals surface area contributed by atoms with Gasteiger partial charge in [0.25, 0.3) is 5.91 Å². The second-order valence-corrected chi connectivity index (χ2v) is 6.80. The van der Waals surface area contributed by atoms with Crippen molar-refractivity contribution in [2.24, 2.45) is 0 Å². The summed E-state index contributed by atoms with van der Waals surface area (Å²) in [6.07, 6.45) is -3.74. The van der Waals surface area contributed by atoms with E-state index in [1.807, 2.05) is 25.1 Å². The molecule has 0 saturated carbocycles. The molecule has 26 heavy (non-hydrogen) atoms. The van der Waals surface area contributed by atoms with Crippen LogP contribution in [0.5, 0.6) is 5.75 Å². The predicted molar refractivity (Wildman–Crippen MR) is 94.7 cm³/mol. The van der Waals surface area contributed by atoms with Gasteiger partial charge in [0.05, 0.1) is 10.6 Å². The maximum Gasteiger partial charge on any atom is 0.417 e. The fourth-order valence-electron chi connectivity index (χ4n) is 1.93. The van der Waals surface area contributed by atoms with Crippen LogP contribution in [0.25, 0.3) is 0 Å². The summed E-state index contributed by atoms with van der Waals surface area (Å²) in [6.45, 7) is 2.11. The summed E-state index contributed by atoms with van der Waals surface area (Å²) in [5.41, 5.74) is 0.133. The molecule has 0 atom stereocenters. The molecule has 9 heteroatoms. The molecule has 1 heterocycles. The van der Waals surface area contributed by atoms with Gasteiger partial charge in [-0.05, 0) is 30.7 Å². The van der Waals surface area contributed by atoms with Gasteiger partial charge < -0.3 is 10.1 Å². The molecular weight excluding hydrogens is 389 g/mol. The Hall–Kier alpha value is -1.93. The van der Waals surface area contributed by atoms with Crippen molar-refractivity contribution < 1.29 is 22.7 Å². The van der Waals surface area contributed by atoms with Crippen LogP contribution in [-0.2, 0) is 11.0 Å². The minimum atomic E-state index is -4.48. The smallest absolute Gasteiger partial charge is 0.417 e. The zero-order chi connectivity index (χ0) is 19.2. The first-order valence-corrected chi connectivity index (χ1v) is 8.94. The Kier molecular flexibility index (Phi) is 7.16. The van der Waals surface area contributed by atoms with E-state index in [-0.39, 0.29) is 22.6 Å². The van der Waals surface area contributed by atoms with E-state index in [2.05, 4.69) is 10.3 Å². The fraction of sp³-hybridized carbons (Fsp3) is 0.294. The molecule has 1 aromatic carbocycles. The lowest BCUT2D eigenvalue weighted by Crippen LogP contribution is -2.30. The topological polar surface area (TPSA) is 51.2 Å². The standard InChI is InChI=1S/C17H16ClF3N2O2S/c1-11-3-2-4-13(7-11)25-10-15(24)22-5-6-26-16-14(18)8-12(9-23-16)17(19,20)21/h2-4,7-9H,5-6,10H2,1H3,(H,22,24). The molecule has 0 aliphatic rings. The average Bonchev–Trinajstić information content (AvgIpc) is 2.57. The second kappa shape index (κ2) is 9.14. The molecule has 0 unspecified atom stereocenters. The van der Waals surface area contributed by atoms with Gasteiger partial charge in [0, 0.05) is 18.5 Å². The quantitative estimate of drug-likeness (QED) is 0.550. The third kappa shape index (κ3) is 6.42. The molecule has 1 aromatic heterocycles. The maximum atomic E-state index is 12.5. The van der Waals surface area contributed by atoms with Gasteiger partial charge in [-0.15, -0.1) is 11.8 Å². The van der Waals surface area contributed by atoms with Crippen molar-refractivity contribution in [1.29, 1.82) is 0 Å². The zero-order valence-corrected chi connectivity index (χ0v) is 15.3. The van der Waals surface area contributed by atoms with Gasteiger partial charge in [0.1, 0.15) is 10.8 Å². The van der Waals surface area contributed by atoms with Crippen molar-refractivity contribution in [1.82, 2.24) is 10.3 Å². The highest BCUT2D eigenvalue weighted by Crippen LogP contribution is 2.33. The normalized spacial score (nSPS) is 11.3. The Morgan fingerprint density at radius 2 is 2.12 bits per heavy atom. The van der Waals surface area contributed by atoms with Crippen LogP contribution < -0.4 is 10.1 Å². The first-order chi connectivity index (χ1) is 12.3. The van der Waals surface area contributed by atoms with Crippen molar-refractivity contribution in [2.45, 2.75) is 18.1 Å². The summed E-state index contributed by atoms with van der Waals surface area (Å²) >= 11 is 6.98. The number of hydrogen-bond donors (Lipinski definition) is 1. The number of carbonyl (C=O) groups excluding carboxylic acids is 1. The van der Waals surface area contributed by atoms with E-state index < -0.39 is 11.7 Å².